The molecule has 0 aliphatic heterocycles. The van der Waals surface area contributed by atoms with Crippen molar-refractivity contribution in [2.75, 3.05) is 5.32 Å². The quantitative estimate of drug-likeness (QED) is 0.475. The number of hydrogen-bond donors (Lipinski definition) is 2. The molecular formula is C25H22N4. The van der Waals surface area contributed by atoms with E-state index >= 15 is 0 Å². The van der Waals surface area contributed by atoms with E-state index in [0.717, 1.165) is 36.2 Å². The van der Waals surface area contributed by atoms with Crippen LogP contribution in [0.1, 0.15) is 22.3 Å². The molecule has 0 aliphatic rings. The summed E-state index contributed by atoms with van der Waals surface area (Å²) in [7, 11) is 0. The molecule has 0 fully saturated rings. The topological polar surface area (TPSA) is 60.7 Å². The maximum atomic E-state index is 9.05. The van der Waals surface area contributed by atoms with Crippen molar-refractivity contribution in [2.45, 2.75) is 19.6 Å². The highest BCUT2D eigenvalue weighted by Gasteiger charge is 2.03. The molecule has 0 radical (unpaired) electrons. The van der Waals surface area contributed by atoms with Crippen molar-refractivity contribution in [1.82, 2.24) is 10.3 Å². The summed E-state index contributed by atoms with van der Waals surface area (Å²) in [5, 5.41) is 17.0. The van der Waals surface area contributed by atoms with E-state index in [2.05, 4.69) is 70.2 Å². The van der Waals surface area contributed by atoms with Gasteiger partial charge in [0.1, 0.15) is 0 Å². The molecule has 0 bridgehead atoms. The van der Waals surface area contributed by atoms with Gasteiger partial charge in [-0.3, -0.25) is 4.98 Å². The Labute approximate surface area is 170 Å². The van der Waals surface area contributed by atoms with Gasteiger partial charge in [0.25, 0.3) is 0 Å². The van der Waals surface area contributed by atoms with Crippen LogP contribution in [0.3, 0.4) is 0 Å². The lowest BCUT2D eigenvalue weighted by atomic mass is 10.1. The largest absolute Gasteiger partial charge is 0.380 e. The fourth-order valence-corrected chi connectivity index (χ4v) is 3.29. The van der Waals surface area contributed by atoms with Crippen LogP contribution in [0.25, 0.3) is 10.9 Å². The molecule has 3 aromatic carbocycles. The first-order valence-corrected chi connectivity index (χ1v) is 9.67. The Bertz CT molecular complexity index is 1130. The Morgan fingerprint density at radius 2 is 1.45 bits per heavy atom. The van der Waals surface area contributed by atoms with Gasteiger partial charge in [0.15, 0.2) is 0 Å². The van der Waals surface area contributed by atoms with Gasteiger partial charge >= 0.3 is 0 Å². The highest BCUT2D eigenvalue weighted by molar-refractivity contribution is 5.91. The van der Waals surface area contributed by atoms with Gasteiger partial charge in [-0.2, -0.15) is 5.26 Å². The zero-order chi connectivity index (χ0) is 19.9. The second kappa shape index (κ2) is 9.01. The van der Waals surface area contributed by atoms with Gasteiger partial charge < -0.3 is 10.6 Å². The van der Waals surface area contributed by atoms with Gasteiger partial charge in [0.2, 0.25) is 0 Å². The summed E-state index contributed by atoms with van der Waals surface area (Å²) in [5.74, 6) is 0. The molecule has 1 heterocycles. The molecule has 0 saturated heterocycles. The second-order valence-corrected chi connectivity index (χ2v) is 6.96. The van der Waals surface area contributed by atoms with E-state index in [0.29, 0.717) is 5.56 Å². The van der Waals surface area contributed by atoms with Crippen LogP contribution in [-0.2, 0) is 19.6 Å². The molecule has 0 atom stereocenters. The predicted octanol–water partition coefficient (Wildman–Crippen LogP) is 5.01. The van der Waals surface area contributed by atoms with Gasteiger partial charge in [-0.15, -0.1) is 0 Å². The van der Waals surface area contributed by atoms with E-state index in [1.165, 1.54) is 16.7 Å². The van der Waals surface area contributed by atoms with Crippen molar-refractivity contribution in [3.8, 4) is 6.07 Å². The zero-order valence-electron chi connectivity index (χ0n) is 16.1. The highest BCUT2D eigenvalue weighted by Crippen LogP contribution is 2.23. The first-order chi connectivity index (χ1) is 14.3. The van der Waals surface area contributed by atoms with Crippen LogP contribution in [-0.4, -0.2) is 4.98 Å². The van der Waals surface area contributed by atoms with Crippen molar-refractivity contribution >= 4 is 16.6 Å². The molecule has 4 rings (SSSR count). The van der Waals surface area contributed by atoms with Gasteiger partial charge in [0, 0.05) is 36.9 Å². The van der Waals surface area contributed by atoms with E-state index < -0.39 is 0 Å². The Morgan fingerprint density at radius 3 is 2.17 bits per heavy atom. The molecule has 1 aromatic heterocycles. The molecule has 0 saturated carbocycles. The number of fused-ring (bicyclic) bond motifs is 1. The molecule has 0 aliphatic carbocycles. The van der Waals surface area contributed by atoms with Crippen molar-refractivity contribution in [2.24, 2.45) is 0 Å². The molecule has 0 unspecified atom stereocenters. The first kappa shape index (κ1) is 18.7. The number of nitrogens with zero attached hydrogens (tertiary/aromatic N) is 2. The van der Waals surface area contributed by atoms with E-state index in [1.54, 1.807) is 6.20 Å². The maximum absolute atomic E-state index is 9.05. The van der Waals surface area contributed by atoms with Crippen molar-refractivity contribution in [3.63, 3.8) is 0 Å². The average Bonchev–Trinajstić information content (AvgIpc) is 2.79. The maximum Gasteiger partial charge on any atom is 0.0992 e. The standard InChI is InChI=1S/C25H22N4/c26-15-22-10-11-23-24(12-13-28-25(23)14-22)29-18-21-8-6-20(7-9-21)17-27-16-19-4-2-1-3-5-19/h1-14,27H,16-18H2,(H,28,29). The molecular weight excluding hydrogens is 356 g/mol. The number of nitrogens with one attached hydrogen (secondary N) is 2. The summed E-state index contributed by atoms with van der Waals surface area (Å²) in [4.78, 5) is 4.37. The van der Waals surface area contributed by atoms with E-state index in [1.807, 2.05) is 30.3 Å². The van der Waals surface area contributed by atoms with Crippen LogP contribution in [0.15, 0.2) is 85.1 Å². The van der Waals surface area contributed by atoms with Crippen molar-refractivity contribution in [3.05, 3.63) is 107 Å². The Balaban J connectivity index is 1.35. The summed E-state index contributed by atoms with van der Waals surface area (Å²) < 4.78 is 0. The Morgan fingerprint density at radius 1 is 0.759 bits per heavy atom. The van der Waals surface area contributed by atoms with Gasteiger partial charge in [-0.05, 0) is 41.0 Å². The van der Waals surface area contributed by atoms with Crippen LogP contribution in [0.5, 0.6) is 0 Å². The number of aromatic nitrogens is 1. The van der Waals surface area contributed by atoms with Crippen molar-refractivity contribution in [1.29, 1.82) is 5.26 Å². The molecule has 4 aromatic rings. The van der Waals surface area contributed by atoms with Crippen LogP contribution in [0.4, 0.5) is 5.69 Å². The van der Waals surface area contributed by atoms with Gasteiger partial charge in [-0.1, -0.05) is 54.6 Å². The monoisotopic (exact) mass is 378 g/mol. The SMILES string of the molecule is N#Cc1ccc2c(NCc3ccc(CNCc4ccccc4)cc3)ccnc2c1. The average molecular weight is 378 g/mol. The molecule has 4 nitrogen and oxygen atoms in total. The van der Waals surface area contributed by atoms with E-state index in [-0.39, 0.29) is 0 Å². The van der Waals surface area contributed by atoms with Crippen LogP contribution < -0.4 is 10.6 Å². The van der Waals surface area contributed by atoms with E-state index in [4.69, 9.17) is 5.26 Å². The van der Waals surface area contributed by atoms with Gasteiger partial charge in [-0.25, -0.2) is 0 Å². The predicted molar refractivity (Wildman–Crippen MR) is 117 cm³/mol. The molecule has 142 valence electrons. The Kier molecular flexibility index (Phi) is 5.80. The molecule has 0 spiro atoms. The molecule has 29 heavy (non-hydrogen) atoms. The number of rotatable bonds is 7. The minimum absolute atomic E-state index is 0.624. The fourth-order valence-electron chi connectivity index (χ4n) is 3.29. The lowest BCUT2D eigenvalue weighted by Crippen LogP contribution is -2.12. The zero-order valence-corrected chi connectivity index (χ0v) is 16.1. The number of pyridine rings is 1. The summed E-state index contributed by atoms with van der Waals surface area (Å²) in [6.07, 6.45) is 1.77. The molecule has 0 amide bonds. The van der Waals surface area contributed by atoms with Crippen LogP contribution >= 0.6 is 0 Å². The minimum atomic E-state index is 0.624. The number of hydrogen-bond acceptors (Lipinski definition) is 4. The number of anilines is 1. The van der Waals surface area contributed by atoms with E-state index in [9.17, 15) is 0 Å². The van der Waals surface area contributed by atoms with Crippen LogP contribution in [0.2, 0.25) is 0 Å². The summed E-state index contributed by atoms with van der Waals surface area (Å²) in [6.45, 7) is 2.45. The number of benzene rings is 3. The summed E-state index contributed by atoms with van der Waals surface area (Å²) >= 11 is 0. The Hall–Kier alpha value is -3.68. The third-order valence-electron chi connectivity index (χ3n) is 4.88. The van der Waals surface area contributed by atoms with Crippen LogP contribution in [0, 0.1) is 11.3 Å². The number of nitriles is 1. The summed E-state index contributed by atoms with van der Waals surface area (Å²) in [6, 6.07) is 28.8. The fraction of sp³-hybridized carbons (Fsp3) is 0.120. The second-order valence-electron chi connectivity index (χ2n) is 6.96. The molecule has 2 N–H and O–H groups in total. The smallest absolute Gasteiger partial charge is 0.0992 e. The van der Waals surface area contributed by atoms with Gasteiger partial charge in [0.05, 0.1) is 17.1 Å². The lowest BCUT2D eigenvalue weighted by molar-refractivity contribution is 0.693. The third-order valence-corrected chi connectivity index (χ3v) is 4.88. The normalized spacial score (nSPS) is 10.6. The lowest BCUT2D eigenvalue weighted by Gasteiger charge is -2.11. The third kappa shape index (κ3) is 4.78. The minimum Gasteiger partial charge on any atom is -0.380 e. The van der Waals surface area contributed by atoms with Crippen molar-refractivity contribution < 1.29 is 0 Å². The highest BCUT2D eigenvalue weighted by atomic mass is 14.9. The first-order valence-electron chi connectivity index (χ1n) is 9.67. The summed E-state index contributed by atoms with van der Waals surface area (Å²) in [5.41, 5.74) is 6.25. The molecule has 4 heteroatoms.